The van der Waals surface area contributed by atoms with Gasteiger partial charge in [-0.3, -0.25) is 4.79 Å². The molecular weight excluding hydrogens is 333 g/mol. The van der Waals surface area contributed by atoms with Crippen molar-refractivity contribution in [3.8, 4) is 5.75 Å². The van der Waals surface area contributed by atoms with E-state index in [-0.39, 0.29) is 5.91 Å². The van der Waals surface area contributed by atoms with E-state index in [0.717, 1.165) is 16.5 Å². The number of carbonyl (C=O) groups is 1. The Hall–Kier alpha value is -2.23. The lowest BCUT2D eigenvalue weighted by atomic mass is 10.1. The zero-order valence-electron chi connectivity index (χ0n) is 12.3. The maximum absolute atomic E-state index is 12.5. The third-order valence-corrected chi connectivity index (χ3v) is 4.09. The molecule has 0 unspecified atom stereocenters. The van der Waals surface area contributed by atoms with Crippen LogP contribution in [0, 0.1) is 0 Å². The van der Waals surface area contributed by atoms with E-state index >= 15 is 0 Å². The Kier molecular flexibility index (Phi) is 4.42. The second-order valence-corrected chi connectivity index (χ2v) is 5.78. The molecule has 1 N–H and O–H groups in total. The lowest BCUT2D eigenvalue weighted by molar-refractivity contribution is 0.102. The van der Waals surface area contributed by atoms with Crippen molar-refractivity contribution in [1.82, 2.24) is 0 Å². The second kappa shape index (κ2) is 6.49. The molecule has 5 heteroatoms. The minimum Gasteiger partial charge on any atom is -0.496 e. The van der Waals surface area contributed by atoms with Crippen LogP contribution in [0.1, 0.15) is 10.4 Å². The van der Waals surface area contributed by atoms with E-state index < -0.39 is 0 Å². The molecule has 0 fully saturated rings. The molecule has 0 saturated carbocycles. The second-order valence-electron chi connectivity index (χ2n) is 4.94. The number of carbonyl (C=O) groups excluding carboxylic acids is 1. The molecule has 0 heterocycles. The first-order chi connectivity index (χ1) is 11.1. The van der Waals surface area contributed by atoms with Gasteiger partial charge in [-0.05, 0) is 30.3 Å². The van der Waals surface area contributed by atoms with Gasteiger partial charge in [-0.15, -0.1) is 0 Å². The van der Waals surface area contributed by atoms with E-state index in [0.29, 0.717) is 21.3 Å². The van der Waals surface area contributed by atoms with Crippen molar-refractivity contribution in [3.05, 3.63) is 70.2 Å². The lowest BCUT2D eigenvalue weighted by Crippen LogP contribution is -2.12. The van der Waals surface area contributed by atoms with E-state index in [1.54, 1.807) is 31.4 Å². The van der Waals surface area contributed by atoms with Gasteiger partial charge in [0, 0.05) is 21.5 Å². The first kappa shape index (κ1) is 15.7. The van der Waals surface area contributed by atoms with E-state index in [2.05, 4.69) is 5.32 Å². The monoisotopic (exact) mass is 345 g/mol. The molecule has 23 heavy (non-hydrogen) atoms. The Morgan fingerprint density at radius 1 is 1.00 bits per heavy atom. The minimum atomic E-state index is -0.312. The van der Waals surface area contributed by atoms with Gasteiger partial charge in [-0.1, -0.05) is 47.5 Å². The predicted octanol–water partition coefficient (Wildman–Crippen LogP) is 5.41. The normalized spacial score (nSPS) is 10.6. The quantitative estimate of drug-likeness (QED) is 0.689. The highest BCUT2D eigenvalue weighted by Crippen LogP contribution is 2.32. The van der Waals surface area contributed by atoms with E-state index in [1.807, 2.05) is 30.3 Å². The summed E-state index contributed by atoms with van der Waals surface area (Å²) >= 11 is 12.0. The highest BCUT2D eigenvalue weighted by molar-refractivity contribution is 6.36. The smallest absolute Gasteiger partial charge is 0.257 e. The molecule has 0 bridgehead atoms. The largest absolute Gasteiger partial charge is 0.496 e. The van der Waals surface area contributed by atoms with Crippen LogP contribution in [-0.2, 0) is 0 Å². The van der Waals surface area contributed by atoms with Crippen molar-refractivity contribution in [2.75, 3.05) is 12.4 Å². The Morgan fingerprint density at radius 3 is 2.48 bits per heavy atom. The third-order valence-electron chi connectivity index (χ3n) is 3.53. The fourth-order valence-electron chi connectivity index (χ4n) is 2.42. The number of rotatable bonds is 3. The number of anilines is 1. The van der Waals surface area contributed by atoms with E-state index in [4.69, 9.17) is 27.9 Å². The van der Waals surface area contributed by atoms with Crippen molar-refractivity contribution < 1.29 is 9.53 Å². The van der Waals surface area contributed by atoms with Gasteiger partial charge in [0.2, 0.25) is 0 Å². The van der Waals surface area contributed by atoms with Gasteiger partial charge < -0.3 is 10.1 Å². The summed E-state index contributed by atoms with van der Waals surface area (Å²) in [5, 5.41) is 5.50. The maximum atomic E-state index is 12.5. The Balaban J connectivity index is 2.02. The highest BCUT2D eigenvalue weighted by Gasteiger charge is 2.13. The number of methoxy groups -OCH3 is 1. The molecule has 3 aromatic rings. The molecule has 116 valence electrons. The van der Waals surface area contributed by atoms with Crippen LogP contribution in [-0.4, -0.2) is 13.0 Å². The average molecular weight is 346 g/mol. The molecule has 0 saturated heterocycles. The van der Waals surface area contributed by atoms with Gasteiger partial charge in [0.1, 0.15) is 5.75 Å². The summed E-state index contributed by atoms with van der Waals surface area (Å²) in [6.07, 6.45) is 0. The van der Waals surface area contributed by atoms with Gasteiger partial charge in [-0.25, -0.2) is 0 Å². The maximum Gasteiger partial charge on any atom is 0.257 e. The molecule has 1 amide bonds. The van der Waals surface area contributed by atoms with Crippen LogP contribution in [0.25, 0.3) is 10.8 Å². The number of amides is 1. The van der Waals surface area contributed by atoms with Gasteiger partial charge in [-0.2, -0.15) is 0 Å². The van der Waals surface area contributed by atoms with Crippen molar-refractivity contribution in [2.24, 2.45) is 0 Å². The number of benzene rings is 3. The number of halogens is 2. The molecule has 3 nitrogen and oxygen atoms in total. The number of ether oxygens (including phenoxy) is 1. The summed E-state index contributed by atoms with van der Waals surface area (Å²) in [6.45, 7) is 0. The number of fused-ring (bicyclic) bond motifs is 1. The zero-order valence-corrected chi connectivity index (χ0v) is 13.8. The summed E-state index contributed by atoms with van der Waals surface area (Å²) < 4.78 is 5.36. The predicted molar refractivity (Wildman–Crippen MR) is 94.9 cm³/mol. The lowest BCUT2D eigenvalue weighted by Gasteiger charge is -2.12. The first-order valence-electron chi connectivity index (χ1n) is 6.92. The molecule has 0 aromatic heterocycles. The van der Waals surface area contributed by atoms with Crippen molar-refractivity contribution in [3.63, 3.8) is 0 Å². The molecule has 0 spiro atoms. The minimum absolute atomic E-state index is 0.312. The Labute approximate surface area is 143 Å². The standard InChI is InChI=1S/C18H13Cl2NO2/c1-23-17-9-8-16(12-4-2-3-5-13(12)17)21-18(22)14-10-11(19)6-7-15(14)20/h2-10H,1H3,(H,21,22). The Morgan fingerprint density at radius 2 is 1.74 bits per heavy atom. The fourth-order valence-corrected chi connectivity index (χ4v) is 2.80. The van der Waals surface area contributed by atoms with Crippen molar-refractivity contribution in [1.29, 1.82) is 0 Å². The topological polar surface area (TPSA) is 38.3 Å². The SMILES string of the molecule is COc1ccc(NC(=O)c2cc(Cl)ccc2Cl)c2ccccc12. The van der Waals surface area contributed by atoms with E-state index in [9.17, 15) is 4.79 Å². The Bertz CT molecular complexity index is 893. The zero-order chi connectivity index (χ0) is 16.4. The molecular formula is C18H13Cl2NO2. The first-order valence-corrected chi connectivity index (χ1v) is 7.68. The molecule has 0 aliphatic rings. The molecule has 0 radical (unpaired) electrons. The molecule has 3 aromatic carbocycles. The number of hydrogen-bond donors (Lipinski definition) is 1. The van der Waals surface area contributed by atoms with Gasteiger partial charge >= 0.3 is 0 Å². The van der Waals surface area contributed by atoms with Crippen LogP contribution in [0.5, 0.6) is 5.75 Å². The number of hydrogen-bond acceptors (Lipinski definition) is 2. The summed E-state index contributed by atoms with van der Waals surface area (Å²) in [5.41, 5.74) is 1.02. The summed E-state index contributed by atoms with van der Waals surface area (Å²) in [4.78, 5) is 12.5. The third kappa shape index (κ3) is 3.11. The molecule has 0 atom stereocenters. The highest BCUT2D eigenvalue weighted by atomic mass is 35.5. The summed E-state index contributed by atoms with van der Waals surface area (Å²) in [5.74, 6) is 0.437. The number of nitrogens with one attached hydrogen (secondary N) is 1. The van der Waals surface area contributed by atoms with Crippen LogP contribution in [0.3, 0.4) is 0 Å². The van der Waals surface area contributed by atoms with Crippen LogP contribution in [0.15, 0.2) is 54.6 Å². The fraction of sp³-hybridized carbons (Fsp3) is 0.0556. The molecule has 0 aliphatic heterocycles. The van der Waals surface area contributed by atoms with Gasteiger partial charge in [0.05, 0.1) is 17.7 Å². The van der Waals surface area contributed by atoms with Crippen LogP contribution >= 0.6 is 23.2 Å². The van der Waals surface area contributed by atoms with Gasteiger partial charge in [0.15, 0.2) is 0 Å². The molecule has 0 aliphatic carbocycles. The van der Waals surface area contributed by atoms with Crippen molar-refractivity contribution >= 4 is 45.6 Å². The average Bonchev–Trinajstić information content (AvgIpc) is 2.57. The van der Waals surface area contributed by atoms with Crippen LogP contribution in [0.4, 0.5) is 5.69 Å². The van der Waals surface area contributed by atoms with Crippen LogP contribution in [0.2, 0.25) is 10.0 Å². The summed E-state index contributed by atoms with van der Waals surface area (Å²) in [7, 11) is 1.62. The summed E-state index contributed by atoms with van der Waals surface area (Å²) in [6, 6.07) is 16.1. The van der Waals surface area contributed by atoms with Crippen molar-refractivity contribution in [2.45, 2.75) is 0 Å². The van der Waals surface area contributed by atoms with E-state index in [1.165, 1.54) is 0 Å². The van der Waals surface area contributed by atoms with Crippen LogP contribution < -0.4 is 10.1 Å². The van der Waals surface area contributed by atoms with Gasteiger partial charge in [0.25, 0.3) is 5.91 Å². The molecule has 3 rings (SSSR count).